The first kappa shape index (κ1) is 12.3. The van der Waals surface area contributed by atoms with Gasteiger partial charge in [0.2, 0.25) is 0 Å². The maximum absolute atomic E-state index is 3.50. The third-order valence-corrected chi connectivity index (χ3v) is 6.02. The highest BCUT2D eigenvalue weighted by molar-refractivity contribution is 7.09. The van der Waals surface area contributed by atoms with Crippen LogP contribution >= 0.6 is 11.3 Å². The van der Waals surface area contributed by atoms with E-state index in [1.54, 1.807) is 0 Å². The Labute approximate surface area is 119 Å². The van der Waals surface area contributed by atoms with Crippen LogP contribution in [0.25, 0.3) is 0 Å². The van der Waals surface area contributed by atoms with Crippen LogP contribution in [0.2, 0.25) is 0 Å². The molecule has 1 aliphatic carbocycles. The molecule has 19 heavy (non-hydrogen) atoms. The lowest BCUT2D eigenvalue weighted by atomic mass is 10.2. The Balaban J connectivity index is 1.22. The summed E-state index contributed by atoms with van der Waals surface area (Å²) in [6.07, 6.45) is 0. The minimum atomic E-state index is 1.02. The molecule has 4 heteroatoms. The van der Waals surface area contributed by atoms with E-state index in [-0.39, 0.29) is 0 Å². The summed E-state index contributed by atoms with van der Waals surface area (Å²) in [5.41, 5.74) is 0. The Kier molecular flexibility index (Phi) is 3.35. The molecular weight excluding hydrogens is 254 g/mol. The maximum atomic E-state index is 3.50. The van der Waals surface area contributed by atoms with Crippen LogP contribution in [0.1, 0.15) is 4.88 Å². The molecule has 0 bridgehead atoms. The summed E-state index contributed by atoms with van der Waals surface area (Å²) in [7, 11) is 0. The van der Waals surface area contributed by atoms with Crippen LogP contribution in [0.4, 0.5) is 0 Å². The molecule has 3 aliphatic rings. The molecule has 0 aromatic carbocycles. The molecule has 4 rings (SSSR count). The van der Waals surface area contributed by atoms with Crippen molar-refractivity contribution in [1.29, 1.82) is 0 Å². The van der Waals surface area contributed by atoms with E-state index in [0.717, 1.165) is 24.3 Å². The van der Waals surface area contributed by atoms with Crippen molar-refractivity contribution in [3.63, 3.8) is 0 Å². The summed E-state index contributed by atoms with van der Waals surface area (Å²) >= 11 is 1.89. The van der Waals surface area contributed by atoms with Crippen molar-refractivity contribution in [2.45, 2.75) is 6.54 Å². The molecule has 1 unspecified atom stereocenters. The summed E-state index contributed by atoms with van der Waals surface area (Å²) in [4.78, 5) is 6.82. The Morgan fingerprint density at radius 1 is 1.11 bits per heavy atom. The zero-order valence-electron chi connectivity index (χ0n) is 11.4. The van der Waals surface area contributed by atoms with Crippen LogP contribution in [0, 0.1) is 17.8 Å². The van der Waals surface area contributed by atoms with Gasteiger partial charge in [-0.25, -0.2) is 0 Å². The lowest BCUT2D eigenvalue weighted by molar-refractivity contribution is 0.121. The van der Waals surface area contributed by atoms with Crippen molar-refractivity contribution in [1.82, 2.24) is 15.1 Å². The summed E-state index contributed by atoms with van der Waals surface area (Å²) in [5.74, 6) is 3.05. The number of thiophene rings is 1. The molecule has 3 atom stereocenters. The van der Waals surface area contributed by atoms with Gasteiger partial charge in [0, 0.05) is 44.1 Å². The number of piperazine rings is 1. The minimum Gasteiger partial charge on any atom is -0.316 e. The Hall–Kier alpha value is -0.420. The van der Waals surface area contributed by atoms with Crippen molar-refractivity contribution >= 4 is 11.3 Å². The zero-order valence-corrected chi connectivity index (χ0v) is 12.2. The summed E-state index contributed by atoms with van der Waals surface area (Å²) < 4.78 is 0. The van der Waals surface area contributed by atoms with Gasteiger partial charge in [0.15, 0.2) is 0 Å². The van der Waals surface area contributed by atoms with Crippen LogP contribution in [0.3, 0.4) is 0 Å². The van der Waals surface area contributed by atoms with Crippen LogP contribution < -0.4 is 5.32 Å². The molecule has 0 amide bonds. The van der Waals surface area contributed by atoms with E-state index in [9.17, 15) is 0 Å². The SMILES string of the molecule is c1csc(CN2CCN(CC3[C@H]4CNC[C@@H]34)CC2)c1. The largest absolute Gasteiger partial charge is 0.316 e. The van der Waals surface area contributed by atoms with Crippen molar-refractivity contribution in [2.75, 3.05) is 45.8 Å². The molecule has 1 N–H and O–H groups in total. The molecule has 0 spiro atoms. The number of nitrogens with zero attached hydrogens (tertiary/aromatic N) is 2. The van der Waals surface area contributed by atoms with Gasteiger partial charge in [0.05, 0.1) is 0 Å². The highest BCUT2D eigenvalue weighted by atomic mass is 32.1. The highest BCUT2D eigenvalue weighted by Crippen LogP contribution is 2.48. The lowest BCUT2D eigenvalue weighted by Gasteiger charge is -2.34. The molecule has 104 valence electrons. The Morgan fingerprint density at radius 3 is 2.53 bits per heavy atom. The zero-order chi connectivity index (χ0) is 12.7. The van der Waals surface area contributed by atoms with Crippen molar-refractivity contribution in [3.8, 4) is 0 Å². The summed E-state index contributed by atoms with van der Waals surface area (Å²) in [6, 6.07) is 4.42. The topological polar surface area (TPSA) is 18.5 Å². The second-order valence-electron chi connectivity index (χ2n) is 6.31. The number of fused-ring (bicyclic) bond motifs is 1. The minimum absolute atomic E-state index is 1.02. The second kappa shape index (κ2) is 5.17. The van der Waals surface area contributed by atoms with Gasteiger partial charge in [-0.2, -0.15) is 0 Å². The predicted octanol–water partition coefficient (Wildman–Crippen LogP) is 1.33. The van der Waals surface area contributed by atoms with Crippen molar-refractivity contribution in [3.05, 3.63) is 22.4 Å². The molecule has 2 saturated heterocycles. The van der Waals surface area contributed by atoms with E-state index in [2.05, 4.69) is 32.6 Å². The maximum Gasteiger partial charge on any atom is 0.0328 e. The van der Waals surface area contributed by atoms with E-state index in [0.29, 0.717) is 0 Å². The third-order valence-electron chi connectivity index (χ3n) is 5.16. The Morgan fingerprint density at radius 2 is 1.84 bits per heavy atom. The standard InChI is InChI=1S/C15H23N3S/c1-2-12(19-7-1)10-17-3-5-18(6-4-17)11-15-13-8-16-9-14(13)15/h1-2,7,13-16H,3-6,8-11H2/t13-,14+,15?. The predicted molar refractivity (Wildman–Crippen MR) is 79.4 cm³/mol. The fourth-order valence-electron chi connectivity index (χ4n) is 3.87. The fourth-order valence-corrected chi connectivity index (χ4v) is 4.61. The average molecular weight is 277 g/mol. The van der Waals surface area contributed by atoms with E-state index < -0.39 is 0 Å². The summed E-state index contributed by atoms with van der Waals surface area (Å²) in [6.45, 7) is 10.1. The van der Waals surface area contributed by atoms with Crippen molar-refractivity contribution < 1.29 is 0 Å². The lowest BCUT2D eigenvalue weighted by Crippen LogP contribution is -2.46. The van der Waals surface area contributed by atoms with E-state index in [4.69, 9.17) is 0 Å². The van der Waals surface area contributed by atoms with E-state index in [1.807, 2.05) is 11.3 Å². The molecule has 1 aromatic rings. The molecular formula is C15H23N3S. The number of rotatable bonds is 4. The molecule has 3 heterocycles. The first-order chi connectivity index (χ1) is 9.40. The van der Waals surface area contributed by atoms with Gasteiger partial charge in [-0.3, -0.25) is 4.90 Å². The first-order valence-corrected chi connectivity index (χ1v) is 8.46. The van der Waals surface area contributed by atoms with Crippen LogP contribution in [-0.4, -0.2) is 55.6 Å². The van der Waals surface area contributed by atoms with Gasteiger partial charge >= 0.3 is 0 Å². The molecule has 3 fully saturated rings. The highest BCUT2D eigenvalue weighted by Gasteiger charge is 2.52. The number of piperidine rings is 1. The van der Waals surface area contributed by atoms with Gasteiger partial charge in [-0.1, -0.05) is 6.07 Å². The second-order valence-corrected chi connectivity index (χ2v) is 7.34. The molecule has 2 aliphatic heterocycles. The Bertz CT molecular complexity index is 401. The van der Waals surface area contributed by atoms with Crippen LogP contribution in [0.5, 0.6) is 0 Å². The molecule has 0 radical (unpaired) electrons. The smallest absolute Gasteiger partial charge is 0.0328 e. The first-order valence-electron chi connectivity index (χ1n) is 7.58. The third kappa shape index (κ3) is 2.59. The van der Waals surface area contributed by atoms with Crippen molar-refractivity contribution in [2.24, 2.45) is 17.8 Å². The van der Waals surface area contributed by atoms with Gasteiger partial charge < -0.3 is 10.2 Å². The normalized spacial score (nSPS) is 35.5. The molecule has 1 aromatic heterocycles. The number of hydrogen-bond donors (Lipinski definition) is 1. The van der Waals surface area contributed by atoms with E-state index in [1.165, 1.54) is 50.7 Å². The van der Waals surface area contributed by atoms with Crippen LogP contribution in [0.15, 0.2) is 17.5 Å². The average Bonchev–Trinajstić information content (AvgIpc) is 2.89. The van der Waals surface area contributed by atoms with Gasteiger partial charge in [0.25, 0.3) is 0 Å². The molecule has 3 nitrogen and oxygen atoms in total. The monoisotopic (exact) mass is 277 g/mol. The van der Waals surface area contributed by atoms with Gasteiger partial charge in [-0.15, -0.1) is 11.3 Å². The quantitative estimate of drug-likeness (QED) is 0.896. The van der Waals surface area contributed by atoms with Gasteiger partial charge in [-0.05, 0) is 42.3 Å². The summed E-state index contributed by atoms with van der Waals surface area (Å²) in [5, 5.41) is 5.68. The van der Waals surface area contributed by atoms with Gasteiger partial charge in [0.1, 0.15) is 0 Å². The van der Waals surface area contributed by atoms with Crippen LogP contribution in [-0.2, 0) is 6.54 Å². The molecule has 1 saturated carbocycles. The number of nitrogens with one attached hydrogen (secondary N) is 1. The van der Waals surface area contributed by atoms with E-state index >= 15 is 0 Å². The number of hydrogen-bond acceptors (Lipinski definition) is 4. The fraction of sp³-hybridized carbons (Fsp3) is 0.733.